The number of aryl methyl sites for hydroxylation is 1. The Morgan fingerprint density at radius 1 is 1.48 bits per heavy atom. The summed E-state index contributed by atoms with van der Waals surface area (Å²) in [6.45, 7) is 3.92. The lowest BCUT2D eigenvalue weighted by Crippen LogP contribution is -2.51. The van der Waals surface area contributed by atoms with E-state index in [4.69, 9.17) is 4.74 Å². The van der Waals surface area contributed by atoms with Gasteiger partial charge in [-0.2, -0.15) is 0 Å². The molecule has 7 heteroatoms. The molecule has 21 heavy (non-hydrogen) atoms. The smallest absolute Gasteiger partial charge is 0.325 e. The van der Waals surface area contributed by atoms with Gasteiger partial charge in [0.15, 0.2) is 4.34 Å². The molecule has 0 saturated heterocycles. The van der Waals surface area contributed by atoms with E-state index >= 15 is 0 Å². The normalized spacial score (nSPS) is 17.5. The first-order valence-corrected chi connectivity index (χ1v) is 9.13. The fourth-order valence-electron chi connectivity index (χ4n) is 2.21. The van der Waals surface area contributed by atoms with Gasteiger partial charge in [-0.3, -0.25) is 10.1 Å². The Morgan fingerprint density at radius 3 is 2.81 bits per heavy atom. The minimum atomic E-state index is -0.542. The molecule has 1 atom stereocenters. The molecule has 1 aliphatic carbocycles. The number of thioether (sulfide) groups is 1. The zero-order valence-corrected chi connectivity index (χ0v) is 14.5. The third-order valence-electron chi connectivity index (χ3n) is 3.54. The maximum atomic E-state index is 12.0. The fraction of sp³-hybridized carbons (Fsp3) is 0.786. The van der Waals surface area contributed by atoms with E-state index in [2.05, 4.69) is 15.5 Å². The molecule has 1 aliphatic rings. The van der Waals surface area contributed by atoms with E-state index in [0.717, 1.165) is 34.4 Å². The highest BCUT2D eigenvalue weighted by molar-refractivity contribution is 8.01. The molecule has 2 rings (SSSR count). The van der Waals surface area contributed by atoms with Crippen LogP contribution in [0.15, 0.2) is 4.34 Å². The van der Waals surface area contributed by atoms with Gasteiger partial charge in [0.2, 0.25) is 0 Å². The minimum Gasteiger partial charge on any atom is -0.468 e. The lowest BCUT2D eigenvalue weighted by atomic mass is 9.95. The summed E-state index contributed by atoms with van der Waals surface area (Å²) in [6.07, 6.45) is 5.20. The third-order valence-corrected chi connectivity index (χ3v) is 5.60. The van der Waals surface area contributed by atoms with Gasteiger partial charge >= 0.3 is 5.97 Å². The molecule has 1 aromatic heterocycles. The molecule has 1 heterocycles. The van der Waals surface area contributed by atoms with Crippen molar-refractivity contribution in [2.24, 2.45) is 0 Å². The highest BCUT2D eigenvalue weighted by atomic mass is 32.2. The van der Waals surface area contributed by atoms with E-state index in [1.54, 1.807) is 23.1 Å². The number of aromatic nitrogens is 2. The monoisotopic (exact) mass is 329 g/mol. The first kappa shape index (κ1) is 16.7. The predicted octanol–water partition coefficient (Wildman–Crippen LogP) is 2.79. The molecular weight excluding hydrogens is 306 g/mol. The lowest BCUT2D eigenvalue weighted by molar-refractivity contribution is -0.148. The van der Waals surface area contributed by atoms with Gasteiger partial charge < -0.3 is 4.74 Å². The first-order valence-electron chi connectivity index (χ1n) is 7.32. The van der Waals surface area contributed by atoms with Gasteiger partial charge in [-0.1, -0.05) is 29.5 Å². The number of carbonyl (C=O) groups excluding carboxylic acids is 1. The van der Waals surface area contributed by atoms with Gasteiger partial charge in [0, 0.05) is 11.8 Å². The van der Waals surface area contributed by atoms with Crippen molar-refractivity contribution in [1.82, 2.24) is 15.5 Å². The predicted molar refractivity (Wildman–Crippen MR) is 85.8 cm³/mol. The van der Waals surface area contributed by atoms with E-state index in [-0.39, 0.29) is 5.97 Å². The van der Waals surface area contributed by atoms with Crippen LogP contribution in [0.25, 0.3) is 0 Å². The number of hydrogen-bond donors (Lipinski definition) is 1. The molecule has 0 radical (unpaired) electrons. The standard InChI is InChI=1S/C14H23N3O2S2/c1-10-16-17-13(21-10)20-9-5-4-8-14(2,12(18)19-3)15-11-6-7-11/h11,15H,4-9H2,1-3H3. The zero-order chi connectivity index (χ0) is 15.3. The Kier molecular flexibility index (Phi) is 6.01. The van der Waals surface area contributed by atoms with Crippen LogP contribution in [0.5, 0.6) is 0 Å². The lowest BCUT2D eigenvalue weighted by Gasteiger charge is -2.28. The van der Waals surface area contributed by atoms with Crippen LogP contribution in [0.1, 0.15) is 44.0 Å². The number of nitrogens with one attached hydrogen (secondary N) is 1. The Morgan fingerprint density at radius 2 is 2.24 bits per heavy atom. The van der Waals surface area contributed by atoms with Crippen LogP contribution >= 0.6 is 23.1 Å². The van der Waals surface area contributed by atoms with Crippen LogP contribution in [0.2, 0.25) is 0 Å². The van der Waals surface area contributed by atoms with Gasteiger partial charge in [-0.15, -0.1) is 10.2 Å². The highest BCUT2D eigenvalue weighted by Crippen LogP contribution is 2.27. The summed E-state index contributed by atoms with van der Waals surface area (Å²) in [7, 11) is 1.46. The minimum absolute atomic E-state index is 0.151. The first-order chi connectivity index (χ1) is 10.0. The average molecular weight is 329 g/mol. The van der Waals surface area contributed by atoms with Crippen molar-refractivity contribution in [3.05, 3.63) is 5.01 Å². The van der Waals surface area contributed by atoms with Gasteiger partial charge in [-0.25, -0.2) is 0 Å². The quantitative estimate of drug-likeness (QED) is 0.427. The van der Waals surface area contributed by atoms with E-state index in [9.17, 15) is 4.79 Å². The van der Waals surface area contributed by atoms with Crippen LogP contribution < -0.4 is 5.32 Å². The summed E-state index contributed by atoms with van der Waals surface area (Å²) in [5, 5.41) is 12.5. The summed E-state index contributed by atoms with van der Waals surface area (Å²) >= 11 is 3.37. The molecule has 1 saturated carbocycles. The molecule has 0 amide bonds. The number of ether oxygens (including phenoxy) is 1. The summed E-state index contributed by atoms with van der Waals surface area (Å²) in [5.74, 6) is 0.858. The highest BCUT2D eigenvalue weighted by Gasteiger charge is 2.38. The van der Waals surface area contributed by atoms with Crippen LogP contribution in [0, 0.1) is 6.92 Å². The summed E-state index contributed by atoms with van der Waals surface area (Å²) < 4.78 is 5.98. The van der Waals surface area contributed by atoms with Crippen molar-refractivity contribution in [2.75, 3.05) is 12.9 Å². The van der Waals surface area contributed by atoms with Gasteiger partial charge in [0.1, 0.15) is 10.5 Å². The topological polar surface area (TPSA) is 64.1 Å². The van der Waals surface area contributed by atoms with Crippen molar-refractivity contribution in [3.63, 3.8) is 0 Å². The molecule has 0 aliphatic heterocycles. The van der Waals surface area contributed by atoms with Gasteiger partial charge in [-0.05, 0) is 39.5 Å². The molecular formula is C14H23N3O2S2. The molecule has 1 fully saturated rings. The molecule has 5 nitrogen and oxygen atoms in total. The second kappa shape index (κ2) is 7.56. The number of esters is 1. The summed E-state index contributed by atoms with van der Waals surface area (Å²) in [5.41, 5.74) is -0.542. The van der Waals surface area contributed by atoms with E-state index in [0.29, 0.717) is 6.04 Å². The SMILES string of the molecule is COC(=O)C(C)(CCCCSc1nnc(C)s1)NC1CC1. The average Bonchev–Trinajstić information content (AvgIpc) is 3.17. The van der Waals surface area contributed by atoms with Gasteiger partial charge in [0.25, 0.3) is 0 Å². The van der Waals surface area contributed by atoms with Gasteiger partial charge in [0.05, 0.1) is 7.11 Å². The Hall–Kier alpha value is -0.660. The fourth-order valence-corrected chi connectivity index (χ4v) is 4.10. The maximum absolute atomic E-state index is 12.0. The van der Waals surface area contributed by atoms with Crippen LogP contribution in [-0.2, 0) is 9.53 Å². The third kappa shape index (κ3) is 5.23. The van der Waals surface area contributed by atoms with E-state index in [1.165, 1.54) is 20.0 Å². The van der Waals surface area contributed by atoms with Crippen molar-refractivity contribution >= 4 is 29.1 Å². The van der Waals surface area contributed by atoms with E-state index < -0.39 is 5.54 Å². The summed E-state index contributed by atoms with van der Waals surface area (Å²) in [6, 6.07) is 0.493. The second-order valence-electron chi connectivity index (χ2n) is 5.63. The summed E-state index contributed by atoms with van der Waals surface area (Å²) in [4.78, 5) is 12.0. The number of unbranched alkanes of at least 4 members (excludes halogenated alkanes) is 1. The molecule has 0 bridgehead atoms. The Labute approximate surface area is 134 Å². The number of methoxy groups -OCH3 is 1. The number of hydrogen-bond acceptors (Lipinski definition) is 7. The Bertz CT molecular complexity index is 477. The van der Waals surface area contributed by atoms with Crippen molar-refractivity contribution in [3.8, 4) is 0 Å². The number of rotatable bonds is 9. The maximum Gasteiger partial charge on any atom is 0.325 e. The number of carbonyl (C=O) groups is 1. The molecule has 118 valence electrons. The van der Waals surface area contributed by atoms with E-state index in [1.807, 2.05) is 13.8 Å². The molecule has 1 unspecified atom stereocenters. The van der Waals surface area contributed by atoms with Crippen molar-refractivity contribution < 1.29 is 9.53 Å². The molecule has 0 spiro atoms. The van der Waals surface area contributed by atoms with Crippen LogP contribution in [0.3, 0.4) is 0 Å². The van der Waals surface area contributed by atoms with Crippen LogP contribution in [0.4, 0.5) is 0 Å². The van der Waals surface area contributed by atoms with Crippen molar-refractivity contribution in [1.29, 1.82) is 0 Å². The Balaban J connectivity index is 1.70. The largest absolute Gasteiger partial charge is 0.468 e. The molecule has 0 aromatic carbocycles. The van der Waals surface area contributed by atoms with Crippen LogP contribution in [-0.4, -0.2) is 40.6 Å². The number of nitrogens with zero attached hydrogens (tertiary/aromatic N) is 2. The molecule has 1 N–H and O–H groups in total. The second-order valence-corrected chi connectivity index (χ2v) is 8.16. The van der Waals surface area contributed by atoms with Crippen molar-refractivity contribution in [2.45, 2.75) is 61.9 Å². The molecule has 1 aromatic rings. The zero-order valence-electron chi connectivity index (χ0n) is 12.8.